The lowest BCUT2D eigenvalue weighted by Crippen LogP contribution is -2.78. The molecule has 6 atom stereocenters. The highest BCUT2D eigenvalue weighted by atomic mass is 16.6. The second-order valence-electron chi connectivity index (χ2n) is 10.0. The van der Waals surface area contributed by atoms with Gasteiger partial charge in [-0.1, -0.05) is 24.6 Å². The summed E-state index contributed by atoms with van der Waals surface area (Å²) in [5.41, 5.74) is -1.43. The minimum absolute atomic E-state index is 0.0419. The van der Waals surface area contributed by atoms with Crippen molar-refractivity contribution in [2.45, 2.75) is 64.3 Å². The number of ether oxygens (including phenoxy) is 2. The Morgan fingerprint density at radius 1 is 1.28 bits per heavy atom. The van der Waals surface area contributed by atoms with E-state index >= 15 is 0 Å². The van der Waals surface area contributed by atoms with E-state index < -0.39 is 22.7 Å². The third-order valence-electron chi connectivity index (χ3n) is 7.88. The van der Waals surface area contributed by atoms with Crippen LogP contribution < -0.4 is 4.74 Å². The van der Waals surface area contributed by atoms with Crippen molar-refractivity contribution in [1.82, 2.24) is 0 Å². The lowest BCUT2D eigenvalue weighted by atomic mass is 9.43. The number of benzene rings is 1. The zero-order valence-corrected chi connectivity index (χ0v) is 17.6. The molecule has 4 bridgehead atoms. The molecular formula is C24H28O5. The van der Waals surface area contributed by atoms with Crippen molar-refractivity contribution in [3.63, 3.8) is 0 Å². The first-order chi connectivity index (χ1) is 13.6. The Hall–Kier alpha value is -2.14. The number of phenols is 1. The second-order valence-corrected chi connectivity index (χ2v) is 10.0. The molecule has 3 saturated carbocycles. The maximum atomic E-state index is 13.8. The van der Waals surface area contributed by atoms with E-state index in [1.54, 1.807) is 12.1 Å². The van der Waals surface area contributed by atoms with Gasteiger partial charge in [-0.05, 0) is 52.2 Å². The smallest absolute Gasteiger partial charge is 0.174 e. The lowest BCUT2D eigenvalue weighted by molar-refractivity contribution is -0.209. The van der Waals surface area contributed by atoms with Crippen LogP contribution >= 0.6 is 0 Å². The summed E-state index contributed by atoms with van der Waals surface area (Å²) in [6.45, 7) is 9.98. The van der Waals surface area contributed by atoms with E-state index in [1.165, 1.54) is 6.07 Å². The first-order valence-electron chi connectivity index (χ1n) is 10.5. The summed E-state index contributed by atoms with van der Waals surface area (Å²) in [7, 11) is 0. The first kappa shape index (κ1) is 18.9. The highest BCUT2D eigenvalue weighted by molar-refractivity contribution is 6.07. The number of allylic oxidation sites excluding steroid dienone is 1. The van der Waals surface area contributed by atoms with Gasteiger partial charge in [0.2, 0.25) is 0 Å². The number of carbonyl (C=O) groups excluding carboxylic acids is 2. The van der Waals surface area contributed by atoms with Crippen molar-refractivity contribution in [2.75, 3.05) is 0 Å². The number of phenolic OH excluding ortho intramolecular Hbond substituents is 1. The van der Waals surface area contributed by atoms with E-state index in [1.807, 2.05) is 40.7 Å². The Bertz CT molecular complexity index is 971. The van der Waals surface area contributed by atoms with Crippen LogP contribution in [-0.2, 0) is 9.53 Å². The van der Waals surface area contributed by atoms with Crippen molar-refractivity contribution < 1.29 is 24.2 Å². The molecule has 1 aromatic rings. The van der Waals surface area contributed by atoms with Gasteiger partial charge in [0, 0.05) is 18.3 Å². The average Bonchev–Trinajstić information content (AvgIpc) is 2.78. The van der Waals surface area contributed by atoms with Gasteiger partial charge in [0.15, 0.2) is 34.3 Å². The summed E-state index contributed by atoms with van der Waals surface area (Å²) < 4.78 is 13.3. The molecule has 5 heteroatoms. The minimum Gasteiger partial charge on any atom is -0.504 e. The molecule has 29 heavy (non-hydrogen) atoms. The van der Waals surface area contributed by atoms with E-state index in [-0.39, 0.29) is 40.8 Å². The number of hydrogen-bond acceptors (Lipinski definition) is 5. The van der Waals surface area contributed by atoms with E-state index in [4.69, 9.17) is 9.47 Å². The zero-order chi connectivity index (χ0) is 20.9. The minimum atomic E-state index is -1.21. The number of para-hydroxylation sites is 1. The van der Waals surface area contributed by atoms with Gasteiger partial charge in [0.1, 0.15) is 0 Å². The van der Waals surface area contributed by atoms with Crippen LogP contribution in [0.5, 0.6) is 11.5 Å². The van der Waals surface area contributed by atoms with Crippen molar-refractivity contribution in [2.24, 2.45) is 23.7 Å². The Kier molecular flexibility index (Phi) is 3.58. The second kappa shape index (κ2) is 5.51. The first-order valence-corrected chi connectivity index (χ1v) is 10.5. The van der Waals surface area contributed by atoms with Crippen LogP contribution in [0.25, 0.3) is 0 Å². The van der Waals surface area contributed by atoms with E-state index in [9.17, 15) is 14.7 Å². The summed E-state index contributed by atoms with van der Waals surface area (Å²) in [6.07, 6.45) is 3.04. The molecule has 1 saturated heterocycles. The summed E-state index contributed by atoms with van der Waals surface area (Å²) in [5, 5.41) is 10.5. The SMILES string of the molecule is CC(C)=CCC12OC(C)(C)C3CC(C1=O)C(C)C1C(=O)c4cccc(O)c4OC132. The number of Topliss-reactive ketones (excluding diaryl/α,β-unsaturated/α-hetero) is 2. The van der Waals surface area contributed by atoms with Crippen LogP contribution in [-0.4, -0.2) is 33.5 Å². The summed E-state index contributed by atoms with van der Waals surface area (Å²) in [6, 6.07) is 4.90. The fourth-order valence-corrected chi connectivity index (χ4v) is 6.77. The molecule has 2 heterocycles. The molecular weight excluding hydrogens is 368 g/mol. The van der Waals surface area contributed by atoms with Crippen LogP contribution in [0.4, 0.5) is 0 Å². The van der Waals surface area contributed by atoms with Crippen LogP contribution in [0, 0.1) is 23.7 Å². The molecule has 1 aromatic carbocycles. The van der Waals surface area contributed by atoms with Crippen molar-refractivity contribution in [1.29, 1.82) is 0 Å². The standard InChI is InChI=1S/C24H28O5/c1-12(2)9-10-23-21(27)15-11-17(22(4,5)29-23)24(23)18(13(15)3)19(26)14-7-6-8-16(25)20(14)28-24/h6-9,13,15,17-18,25H,10-11H2,1-5H3. The van der Waals surface area contributed by atoms with Gasteiger partial charge in [-0.25, -0.2) is 0 Å². The topological polar surface area (TPSA) is 72.8 Å². The van der Waals surface area contributed by atoms with Gasteiger partial charge in [-0.2, -0.15) is 0 Å². The van der Waals surface area contributed by atoms with Crippen molar-refractivity contribution >= 4 is 11.6 Å². The summed E-state index contributed by atoms with van der Waals surface area (Å²) in [4.78, 5) is 27.6. The number of ketones is 2. The largest absolute Gasteiger partial charge is 0.504 e. The van der Waals surface area contributed by atoms with E-state index in [0.29, 0.717) is 18.4 Å². The quantitative estimate of drug-likeness (QED) is 0.763. The Morgan fingerprint density at radius 3 is 2.69 bits per heavy atom. The number of fused-ring (bicyclic) bond motifs is 1. The molecule has 1 N–H and O–H groups in total. The molecule has 6 unspecified atom stereocenters. The van der Waals surface area contributed by atoms with Gasteiger partial charge >= 0.3 is 0 Å². The normalized spacial score (nSPS) is 40.9. The molecule has 0 aromatic heterocycles. The predicted molar refractivity (Wildman–Crippen MR) is 107 cm³/mol. The number of aromatic hydroxyl groups is 1. The molecule has 5 nitrogen and oxygen atoms in total. The number of hydrogen-bond donors (Lipinski definition) is 1. The third kappa shape index (κ3) is 2.00. The molecule has 0 amide bonds. The molecule has 5 aliphatic rings. The monoisotopic (exact) mass is 396 g/mol. The van der Waals surface area contributed by atoms with Crippen molar-refractivity contribution in [3.05, 3.63) is 35.4 Å². The average molecular weight is 396 g/mol. The fourth-order valence-electron chi connectivity index (χ4n) is 6.77. The number of rotatable bonds is 2. The third-order valence-corrected chi connectivity index (χ3v) is 7.88. The molecule has 2 aliphatic heterocycles. The summed E-state index contributed by atoms with van der Waals surface area (Å²) >= 11 is 0. The molecule has 4 fully saturated rings. The van der Waals surface area contributed by atoms with Gasteiger partial charge in [0.25, 0.3) is 0 Å². The lowest BCUT2D eigenvalue weighted by Gasteiger charge is -2.62. The van der Waals surface area contributed by atoms with Crippen LogP contribution in [0.15, 0.2) is 29.8 Å². The van der Waals surface area contributed by atoms with Crippen LogP contribution in [0.1, 0.15) is 57.8 Å². The Labute approximate surface area is 171 Å². The Morgan fingerprint density at radius 2 is 2.00 bits per heavy atom. The molecule has 154 valence electrons. The van der Waals surface area contributed by atoms with Gasteiger partial charge < -0.3 is 14.6 Å². The molecule has 0 radical (unpaired) electrons. The van der Waals surface area contributed by atoms with Gasteiger partial charge in [-0.3, -0.25) is 9.59 Å². The highest BCUT2D eigenvalue weighted by Gasteiger charge is 2.84. The predicted octanol–water partition coefficient (Wildman–Crippen LogP) is 4.08. The molecule has 1 spiro atoms. The molecule has 6 rings (SSSR count). The zero-order valence-electron chi connectivity index (χ0n) is 17.6. The van der Waals surface area contributed by atoms with E-state index in [2.05, 4.69) is 0 Å². The maximum absolute atomic E-state index is 13.8. The fraction of sp³-hybridized carbons (Fsp3) is 0.583. The summed E-state index contributed by atoms with van der Waals surface area (Å²) in [5.74, 6) is -0.781. The molecule has 3 aliphatic carbocycles. The maximum Gasteiger partial charge on any atom is 0.174 e. The Balaban J connectivity index is 1.82. The van der Waals surface area contributed by atoms with Gasteiger partial charge in [0.05, 0.1) is 17.1 Å². The van der Waals surface area contributed by atoms with E-state index in [0.717, 1.165) is 5.57 Å². The van der Waals surface area contributed by atoms with Crippen LogP contribution in [0.2, 0.25) is 0 Å². The van der Waals surface area contributed by atoms with Crippen LogP contribution in [0.3, 0.4) is 0 Å². The highest BCUT2D eigenvalue weighted by Crippen LogP contribution is 2.70. The van der Waals surface area contributed by atoms with Crippen molar-refractivity contribution in [3.8, 4) is 11.5 Å². The van der Waals surface area contributed by atoms with Gasteiger partial charge in [-0.15, -0.1) is 0 Å². The number of carbonyl (C=O) groups is 2.